The topological polar surface area (TPSA) is 198 Å². The Morgan fingerprint density at radius 1 is 1.04 bits per heavy atom. The molecule has 7 rings (SSSR count). The average molecular weight is 935 g/mol. The van der Waals surface area contributed by atoms with E-state index in [0.717, 1.165) is 39.0 Å². The first-order valence-electron chi connectivity index (χ1n) is 24.0. The van der Waals surface area contributed by atoms with Crippen molar-refractivity contribution in [1.82, 2.24) is 40.4 Å². The van der Waals surface area contributed by atoms with Gasteiger partial charge in [-0.05, 0) is 104 Å². The zero-order valence-electron chi connectivity index (χ0n) is 41.5. The number of carbonyl (C=O) groups is 5. The zero-order valence-corrected chi connectivity index (χ0v) is 41.5. The highest BCUT2D eigenvalue weighted by atomic mass is 16.5. The molecule has 0 unspecified atom stereocenters. The van der Waals surface area contributed by atoms with E-state index in [1.807, 2.05) is 52.8 Å². The van der Waals surface area contributed by atoms with Crippen LogP contribution in [0.5, 0.6) is 5.75 Å². The first-order valence-corrected chi connectivity index (χ1v) is 24.0. The van der Waals surface area contributed by atoms with Crippen LogP contribution in [0.2, 0.25) is 0 Å². The van der Waals surface area contributed by atoms with Crippen molar-refractivity contribution >= 4 is 40.5 Å². The number of rotatable bonds is 12. The molecule has 2 saturated heterocycles. The lowest BCUT2D eigenvalue weighted by molar-refractivity contribution is -0.155. The molecule has 366 valence electrons. The van der Waals surface area contributed by atoms with E-state index in [0.29, 0.717) is 36.9 Å². The molecule has 6 bridgehead atoms. The number of fused-ring (bicyclic) bond motifs is 6. The van der Waals surface area contributed by atoms with Gasteiger partial charge in [-0.25, -0.2) is 5.43 Å². The molecule has 6 atom stereocenters. The van der Waals surface area contributed by atoms with Crippen molar-refractivity contribution in [3.63, 3.8) is 0 Å². The number of hydrogen-bond donors (Lipinski definition) is 4. The Morgan fingerprint density at radius 2 is 1.79 bits per heavy atom. The molecule has 16 nitrogen and oxygen atoms in total. The summed E-state index contributed by atoms with van der Waals surface area (Å²) < 4.78 is 14.2. The van der Waals surface area contributed by atoms with Gasteiger partial charge in [-0.3, -0.25) is 39.3 Å². The maximum atomic E-state index is 14.7. The Morgan fingerprint density at radius 3 is 2.47 bits per heavy atom. The van der Waals surface area contributed by atoms with Crippen molar-refractivity contribution in [2.45, 2.75) is 124 Å². The normalized spacial score (nSPS) is 21.5. The summed E-state index contributed by atoms with van der Waals surface area (Å²) in [7, 11) is 4.78. The summed E-state index contributed by atoms with van der Waals surface area (Å²) in [5, 5.41) is 19.9. The number of likely N-dealkylation sites (N-methyl/N-ethyl adjacent to an activating group) is 2. The number of methoxy groups -OCH3 is 1. The number of nitrogens with zero attached hydrogens (tertiary/aromatic N) is 5. The van der Waals surface area contributed by atoms with Gasteiger partial charge in [0.1, 0.15) is 29.9 Å². The number of pyridine rings is 1. The van der Waals surface area contributed by atoms with E-state index in [2.05, 4.69) is 59.6 Å². The Labute approximate surface area is 400 Å². The van der Waals surface area contributed by atoms with Crippen molar-refractivity contribution in [2.24, 2.45) is 17.3 Å². The summed E-state index contributed by atoms with van der Waals surface area (Å²) >= 11 is 0. The second kappa shape index (κ2) is 20.4. The first-order chi connectivity index (χ1) is 32.2. The summed E-state index contributed by atoms with van der Waals surface area (Å²) in [5.74, 6) is -2.29. The maximum absolute atomic E-state index is 14.7. The first kappa shape index (κ1) is 50.0. The van der Waals surface area contributed by atoms with Crippen LogP contribution >= 0.6 is 0 Å². The van der Waals surface area contributed by atoms with Gasteiger partial charge in [0.15, 0.2) is 0 Å². The van der Waals surface area contributed by atoms with Gasteiger partial charge in [-0.15, -0.1) is 0 Å². The smallest absolute Gasteiger partial charge is 0.324 e. The fraction of sp³-hybridized carbons (Fsp3) is 0.538. The van der Waals surface area contributed by atoms with Crippen LogP contribution in [0.1, 0.15) is 91.2 Å². The molecule has 4 aromatic rings. The van der Waals surface area contributed by atoms with Gasteiger partial charge in [0.25, 0.3) is 5.91 Å². The number of hydrazine groups is 1. The largest absolute Gasteiger partial charge is 0.508 e. The van der Waals surface area contributed by atoms with E-state index in [1.54, 1.807) is 32.5 Å². The minimum atomic E-state index is -1.18. The maximum Gasteiger partial charge on any atom is 0.324 e. The zero-order chi connectivity index (χ0) is 49.4. The standard InChI is InChI=1S/C52H70N8O8/c1-12-59-41-18-17-33-25-37(41)38(47(59)36-15-13-19-53-44(36)31(6)67-11)26-52(7,8)28-68-51(66)39-16-14-20-60(56-39)49(64)40(23-32-21-34(33)24-35(61)22-32)54-48(63)46(30(4)5)58(10)42(62)27-57(9)50(65)45-43(55-45)29(2)3/h13,15,17-19,21-22,24-25,29-31,39-40,43,45-46,55-56,61H,12,14,16,20,23,26-28H2,1-11H3,(H,54,63)/t31-,39-,40-,43+,45+,46-/m0/s1. The van der Waals surface area contributed by atoms with Crippen LogP contribution in [0.4, 0.5) is 0 Å². The molecule has 3 aliphatic rings. The van der Waals surface area contributed by atoms with Crippen LogP contribution in [-0.4, -0.2) is 130 Å². The van der Waals surface area contributed by atoms with E-state index >= 15 is 0 Å². The van der Waals surface area contributed by atoms with E-state index < -0.39 is 47.2 Å². The van der Waals surface area contributed by atoms with Gasteiger partial charge < -0.3 is 34.3 Å². The van der Waals surface area contributed by atoms with Crippen LogP contribution in [0.25, 0.3) is 33.3 Å². The average Bonchev–Trinajstić information content (AvgIpc) is 4.06. The third-order valence-corrected chi connectivity index (χ3v) is 13.7. The van der Waals surface area contributed by atoms with E-state index in [1.165, 1.54) is 21.9 Å². The molecular formula is C52H70N8O8. The monoisotopic (exact) mass is 935 g/mol. The second-order valence-corrected chi connectivity index (χ2v) is 20.3. The highest BCUT2D eigenvalue weighted by Crippen LogP contribution is 2.42. The van der Waals surface area contributed by atoms with Crippen LogP contribution in [0, 0.1) is 17.3 Å². The highest BCUT2D eigenvalue weighted by Gasteiger charge is 2.46. The van der Waals surface area contributed by atoms with Gasteiger partial charge >= 0.3 is 5.97 Å². The Kier molecular flexibility index (Phi) is 15.0. The third kappa shape index (κ3) is 10.6. The van der Waals surface area contributed by atoms with Gasteiger partial charge in [0.05, 0.1) is 30.6 Å². The van der Waals surface area contributed by atoms with Gasteiger partial charge in [-0.1, -0.05) is 53.7 Å². The van der Waals surface area contributed by atoms with Gasteiger partial charge in [-0.2, -0.15) is 0 Å². The highest BCUT2D eigenvalue weighted by molar-refractivity contribution is 5.96. The number of hydrogen-bond acceptors (Lipinski definition) is 11. The second-order valence-electron chi connectivity index (χ2n) is 20.3. The van der Waals surface area contributed by atoms with Crippen LogP contribution in [0.15, 0.2) is 54.7 Å². The molecule has 0 aliphatic carbocycles. The molecule has 0 spiro atoms. The number of esters is 1. The number of aromatic hydroxyl groups is 1. The number of amides is 4. The molecule has 16 heteroatoms. The molecule has 4 amide bonds. The van der Waals surface area contributed by atoms with Crippen molar-refractivity contribution in [1.29, 1.82) is 0 Å². The summed E-state index contributed by atoms with van der Waals surface area (Å²) in [6.07, 6.45) is 2.93. The van der Waals surface area contributed by atoms with Gasteiger partial charge in [0, 0.05) is 74.8 Å². The van der Waals surface area contributed by atoms with Crippen molar-refractivity contribution in [2.75, 3.05) is 40.9 Å². The Bertz CT molecular complexity index is 2550. The quantitative estimate of drug-likeness (QED) is 0.105. The summed E-state index contributed by atoms with van der Waals surface area (Å²) in [4.78, 5) is 77.6. The predicted octanol–water partition coefficient (Wildman–Crippen LogP) is 5.39. The molecule has 68 heavy (non-hydrogen) atoms. The van der Waals surface area contributed by atoms with E-state index in [-0.39, 0.29) is 67.8 Å². The van der Waals surface area contributed by atoms with Crippen LogP contribution in [-0.2, 0) is 52.8 Å². The van der Waals surface area contributed by atoms with Crippen LogP contribution in [0.3, 0.4) is 0 Å². The molecule has 0 radical (unpaired) electrons. The number of cyclic esters (lactones) is 1. The molecule has 0 saturated carbocycles. The van der Waals surface area contributed by atoms with Crippen molar-refractivity contribution in [3.05, 3.63) is 71.5 Å². The number of nitrogens with one attached hydrogen (secondary N) is 3. The lowest BCUT2D eigenvalue weighted by atomic mass is 9.84. The molecule has 4 N–H and O–H groups in total. The number of phenols is 1. The van der Waals surface area contributed by atoms with E-state index in [9.17, 15) is 29.1 Å². The summed E-state index contributed by atoms with van der Waals surface area (Å²) in [5.41, 5.74) is 9.49. The molecule has 2 fully saturated rings. The third-order valence-electron chi connectivity index (χ3n) is 13.7. The molecule has 3 aliphatic heterocycles. The minimum absolute atomic E-state index is 0.0182. The van der Waals surface area contributed by atoms with Gasteiger partial charge in [0.2, 0.25) is 17.7 Å². The lowest BCUT2D eigenvalue weighted by Crippen LogP contribution is -2.62. The Balaban J connectivity index is 1.28. The summed E-state index contributed by atoms with van der Waals surface area (Å²) in [6, 6.07) is 12.1. The number of benzene rings is 2. The van der Waals surface area contributed by atoms with Crippen LogP contribution < -0.4 is 16.1 Å². The van der Waals surface area contributed by atoms with Crippen molar-refractivity contribution in [3.8, 4) is 28.1 Å². The number of ether oxygens (including phenoxy) is 2. The SMILES string of the molecule is CCn1c(-c2cccnc2[C@H](C)OC)c2c3cc(ccc31)-c1cc(O)cc(c1)C[C@H](NC(=O)[C@H](C(C)C)N(C)C(=O)CN(C)C(=O)[C@@H]1N[C@@H]1C(C)C)C(=O)N1CCC[C@H](N1)C(=O)OCC(C)(C)C2. The number of phenolic OH excluding ortho intramolecular Hbond substituents is 1. The number of aryl methyl sites for hydroxylation is 1. The number of aromatic nitrogens is 2. The molecule has 5 heterocycles. The fourth-order valence-corrected chi connectivity index (χ4v) is 9.99. The summed E-state index contributed by atoms with van der Waals surface area (Å²) in [6.45, 7) is 16.7. The molecule has 2 aromatic carbocycles. The lowest BCUT2D eigenvalue weighted by Gasteiger charge is -2.37. The fourth-order valence-electron chi connectivity index (χ4n) is 9.99. The Hall–Kier alpha value is -5.84. The number of carbonyl (C=O) groups excluding carboxylic acids is 5. The molecule has 2 aromatic heterocycles. The predicted molar refractivity (Wildman–Crippen MR) is 260 cm³/mol. The molecular weight excluding hydrogens is 865 g/mol. The minimum Gasteiger partial charge on any atom is -0.508 e. The van der Waals surface area contributed by atoms with Crippen molar-refractivity contribution < 1.29 is 38.6 Å². The van der Waals surface area contributed by atoms with E-state index in [4.69, 9.17) is 14.5 Å².